The number of ether oxygens (including phenoxy) is 2. The molecule has 1 aromatic heterocycles. The number of sulfonamides is 1. The lowest BCUT2D eigenvalue weighted by atomic mass is 10.3. The number of methoxy groups -OCH3 is 2. The van der Waals surface area contributed by atoms with E-state index in [9.17, 15) is 8.42 Å². The summed E-state index contributed by atoms with van der Waals surface area (Å²) in [5.74, 6) is 0.496. The Morgan fingerprint density at radius 1 is 1.35 bits per heavy atom. The van der Waals surface area contributed by atoms with Crippen molar-refractivity contribution >= 4 is 10.0 Å². The molecule has 0 aliphatic carbocycles. The van der Waals surface area contributed by atoms with Crippen molar-refractivity contribution in [2.45, 2.75) is 30.6 Å². The van der Waals surface area contributed by atoms with Crippen LogP contribution in [-0.4, -0.2) is 57.3 Å². The first-order chi connectivity index (χ1) is 9.43. The molecule has 114 valence electrons. The van der Waals surface area contributed by atoms with Crippen LogP contribution in [0.1, 0.15) is 11.5 Å². The van der Waals surface area contributed by atoms with Crippen molar-refractivity contribution in [1.82, 2.24) is 4.31 Å². The van der Waals surface area contributed by atoms with E-state index in [-0.39, 0.29) is 48.3 Å². The van der Waals surface area contributed by atoms with Crippen LogP contribution >= 0.6 is 0 Å². The highest BCUT2D eigenvalue weighted by Gasteiger charge is 2.41. The van der Waals surface area contributed by atoms with Crippen LogP contribution in [0.15, 0.2) is 15.4 Å². The Morgan fingerprint density at radius 2 is 1.90 bits per heavy atom. The van der Waals surface area contributed by atoms with Gasteiger partial charge in [0.2, 0.25) is 10.0 Å². The van der Waals surface area contributed by atoms with Gasteiger partial charge in [-0.25, -0.2) is 8.42 Å². The molecule has 2 heterocycles. The molecule has 1 aliphatic heterocycles. The van der Waals surface area contributed by atoms with E-state index in [4.69, 9.17) is 19.0 Å². The Labute approximate surface area is 118 Å². The molecule has 8 heteroatoms. The van der Waals surface area contributed by atoms with Crippen LogP contribution in [0.25, 0.3) is 0 Å². The molecule has 2 unspecified atom stereocenters. The quantitative estimate of drug-likeness (QED) is 0.831. The smallest absolute Gasteiger partial charge is 0.246 e. The summed E-state index contributed by atoms with van der Waals surface area (Å²) in [6.45, 7) is 1.69. The van der Waals surface area contributed by atoms with Crippen LogP contribution in [0.5, 0.6) is 0 Å². The molecule has 7 nitrogen and oxygen atoms in total. The second-order valence-electron chi connectivity index (χ2n) is 4.66. The topological polar surface area (TPSA) is 89.2 Å². The molecule has 0 radical (unpaired) electrons. The SMILES string of the molecule is COC1CN(S(=O)(=O)c2cc(CO)oc2C)CC1OC. The largest absolute Gasteiger partial charge is 0.462 e. The molecule has 20 heavy (non-hydrogen) atoms. The highest BCUT2D eigenvalue weighted by molar-refractivity contribution is 7.89. The van der Waals surface area contributed by atoms with Crippen LogP contribution in [0.2, 0.25) is 0 Å². The van der Waals surface area contributed by atoms with Crippen molar-refractivity contribution in [3.63, 3.8) is 0 Å². The molecule has 0 spiro atoms. The van der Waals surface area contributed by atoms with Gasteiger partial charge in [0.1, 0.15) is 23.0 Å². The molecule has 0 aromatic carbocycles. The monoisotopic (exact) mass is 305 g/mol. The van der Waals surface area contributed by atoms with E-state index in [1.54, 1.807) is 6.92 Å². The van der Waals surface area contributed by atoms with E-state index < -0.39 is 10.0 Å². The van der Waals surface area contributed by atoms with Crippen molar-refractivity contribution in [2.24, 2.45) is 0 Å². The molecule has 2 rings (SSSR count). The first-order valence-electron chi connectivity index (χ1n) is 6.20. The Morgan fingerprint density at radius 3 is 2.30 bits per heavy atom. The van der Waals surface area contributed by atoms with Crippen molar-refractivity contribution < 1.29 is 27.4 Å². The summed E-state index contributed by atoms with van der Waals surface area (Å²) in [6.07, 6.45) is -0.585. The van der Waals surface area contributed by atoms with Crippen molar-refractivity contribution in [3.8, 4) is 0 Å². The van der Waals surface area contributed by atoms with Crippen molar-refractivity contribution in [1.29, 1.82) is 0 Å². The molecule has 2 atom stereocenters. The van der Waals surface area contributed by atoms with Crippen LogP contribution in [-0.2, 0) is 26.1 Å². The van der Waals surface area contributed by atoms with Gasteiger partial charge < -0.3 is 19.0 Å². The fourth-order valence-electron chi connectivity index (χ4n) is 2.36. The molecule has 1 aliphatic rings. The highest BCUT2D eigenvalue weighted by Crippen LogP contribution is 2.28. The molecule has 0 saturated carbocycles. The zero-order chi connectivity index (χ0) is 14.9. The molecule has 1 saturated heterocycles. The minimum absolute atomic E-state index is 0.0770. The second-order valence-corrected chi connectivity index (χ2v) is 6.57. The van der Waals surface area contributed by atoms with Crippen LogP contribution in [0.4, 0.5) is 0 Å². The van der Waals surface area contributed by atoms with Crippen molar-refractivity contribution in [2.75, 3.05) is 27.3 Å². The van der Waals surface area contributed by atoms with Gasteiger partial charge in [0, 0.05) is 33.4 Å². The van der Waals surface area contributed by atoms with Crippen molar-refractivity contribution in [3.05, 3.63) is 17.6 Å². The summed E-state index contributed by atoms with van der Waals surface area (Å²) in [6, 6.07) is 1.35. The first kappa shape index (κ1) is 15.5. The standard InChI is InChI=1S/C12H19NO6S/c1-8-12(4-9(7-14)19-8)20(15,16)13-5-10(17-2)11(6-13)18-3/h4,10-11,14H,5-7H2,1-3H3. The van der Waals surface area contributed by atoms with E-state index in [0.717, 1.165) is 0 Å². The number of aryl methyl sites for hydroxylation is 1. The summed E-state index contributed by atoms with van der Waals surface area (Å²) in [5, 5.41) is 9.02. The van der Waals surface area contributed by atoms with E-state index in [2.05, 4.69) is 0 Å². The summed E-state index contributed by atoms with van der Waals surface area (Å²) in [7, 11) is -0.621. The van der Waals surface area contributed by atoms with Gasteiger partial charge in [-0.15, -0.1) is 0 Å². The summed E-state index contributed by atoms with van der Waals surface area (Å²) in [4.78, 5) is 0.0770. The van der Waals surface area contributed by atoms with Gasteiger partial charge in [0.25, 0.3) is 0 Å². The van der Waals surface area contributed by atoms with Gasteiger partial charge in [-0.1, -0.05) is 0 Å². The van der Waals surface area contributed by atoms with Crippen LogP contribution in [0.3, 0.4) is 0 Å². The molecule has 0 bridgehead atoms. The lowest BCUT2D eigenvalue weighted by Crippen LogP contribution is -2.30. The summed E-state index contributed by atoms with van der Waals surface area (Å²) < 4.78 is 42.1. The average Bonchev–Trinajstić information content (AvgIpc) is 3.01. The molecular weight excluding hydrogens is 286 g/mol. The Kier molecular flexibility index (Phi) is 4.50. The average molecular weight is 305 g/mol. The number of hydrogen-bond acceptors (Lipinski definition) is 6. The third-order valence-corrected chi connectivity index (χ3v) is 5.42. The normalized spacial score (nSPS) is 24.4. The van der Waals surface area contributed by atoms with Gasteiger partial charge in [-0.05, 0) is 6.92 Å². The summed E-state index contributed by atoms with van der Waals surface area (Å²) in [5.41, 5.74) is 0. The number of hydrogen-bond donors (Lipinski definition) is 1. The van der Waals surface area contributed by atoms with E-state index in [1.165, 1.54) is 24.6 Å². The predicted octanol–water partition coefficient (Wildman–Crippen LogP) is 0.115. The number of aliphatic hydroxyl groups is 1. The van der Waals surface area contributed by atoms with Crippen LogP contribution in [0, 0.1) is 6.92 Å². The number of furan rings is 1. The molecule has 1 fully saturated rings. The third kappa shape index (κ3) is 2.61. The van der Waals surface area contributed by atoms with Gasteiger partial charge in [-0.3, -0.25) is 0 Å². The molecule has 1 aromatic rings. The molecule has 0 amide bonds. The predicted molar refractivity (Wildman–Crippen MR) is 69.7 cm³/mol. The highest BCUT2D eigenvalue weighted by atomic mass is 32.2. The lowest BCUT2D eigenvalue weighted by Gasteiger charge is -2.14. The number of rotatable bonds is 5. The van der Waals surface area contributed by atoms with Gasteiger partial charge in [0.15, 0.2) is 0 Å². The van der Waals surface area contributed by atoms with Crippen LogP contribution < -0.4 is 0 Å². The minimum Gasteiger partial charge on any atom is -0.462 e. The van der Waals surface area contributed by atoms with Gasteiger partial charge in [-0.2, -0.15) is 4.31 Å². The Hall–Kier alpha value is -0.930. The Balaban J connectivity index is 2.29. The van der Waals surface area contributed by atoms with E-state index >= 15 is 0 Å². The molecule has 1 N–H and O–H groups in total. The van der Waals surface area contributed by atoms with Gasteiger partial charge >= 0.3 is 0 Å². The number of nitrogens with zero attached hydrogens (tertiary/aromatic N) is 1. The number of aliphatic hydroxyl groups excluding tert-OH is 1. The van der Waals surface area contributed by atoms with E-state index in [0.29, 0.717) is 0 Å². The van der Waals surface area contributed by atoms with Gasteiger partial charge in [0.05, 0.1) is 12.2 Å². The minimum atomic E-state index is -3.68. The van der Waals surface area contributed by atoms with E-state index in [1.807, 2.05) is 0 Å². The second kappa shape index (κ2) is 5.82. The maximum Gasteiger partial charge on any atom is 0.246 e. The molecular formula is C12H19NO6S. The third-order valence-electron chi connectivity index (χ3n) is 3.48. The Bertz CT molecular complexity index is 555. The zero-order valence-corrected chi connectivity index (χ0v) is 12.5. The first-order valence-corrected chi connectivity index (χ1v) is 7.64. The summed E-state index contributed by atoms with van der Waals surface area (Å²) >= 11 is 0. The zero-order valence-electron chi connectivity index (χ0n) is 11.7. The fourth-order valence-corrected chi connectivity index (χ4v) is 4.01. The lowest BCUT2D eigenvalue weighted by molar-refractivity contribution is -0.00461. The maximum atomic E-state index is 12.6. The fraction of sp³-hybridized carbons (Fsp3) is 0.667. The maximum absolute atomic E-state index is 12.6.